The molecule has 10 heteroatoms. The first-order valence-electron chi connectivity index (χ1n) is 8.20. The first-order chi connectivity index (χ1) is 13.3. The normalized spacial score (nSPS) is 11.9. The highest BCUT2D eigenvalue weighted by Gasteiger charge is 2.22. The Morgan fingerprint density at radius 1 is 0.963 bits per heavy atom. The predicted octanol–water partition coefficient (Wildman–Crippen LogP) is 1.07. The maximum absolute atomic E-state index is 12.9. The van der Waals surface area contributed by atoms with E-state index < -0.39 is 6.04 Å². The van der Waals surface area contributed by atoms with Crippen molar-refractivity contribution < 1.29 is 4.79 Å². The zero-order valence-electron chi connectivity index (χ0n) is 14.1. The maximum Gasteiger partial charge on any atom is 0.249 e. The van der Waals surface area contributed by atoms with Gasteiger partial charge in [-0.1, -0.05) is 36.4 Å². The molecule has 4 rings (SSSR count). The fourth-order valence-corrected chi connectivity index (χ4v) is 2.69. The van der Waals surface area contributed by atoms with Gasteiger partial charge in [-0.05, 0) is 44.6 Å². The summed E-state index contributed by atoms with van der Waals surface area (Å²) < 4.78 is 2.96. The molecule has 1 unspecified atom stereocenters. The van der Waals surface area contributed by atoms with E-state index in [9.17, 15) is 4.79 Å². The topological polar surface area (TPSA) is 116 Å². The number of benzene rings is 2. The Hall–Kier alpha value is -3.95. The molecule has 10 nitrogen and oxygen atoms in total. The van der Waals surface area contributed by atoms with Gasteiger partial charge in [-0.2, -0.15) is 0 Å². The van der Waals surface area contributed by atoms with Crippen molar-refractivity contribution in [1.82, 2.24) is 40.4 Å². The quantitative estimate of drug-likeness (QED) is 0.546. The summed E-state index contributed by atoms with van der Waals surface area (Å²) in [6.07, 6.45) is 3.38. The molecule has 1 atom stereocenters. The average molecular weight is 361 g/mol. The molecule has 4 aromatic rings. The summed E-state index contributed by atoms with van der Waals surface area (Å²) in [5, 5.41) is 25.2. The van der Waals surface area contributed by atoms with E-state index in [4.69, 9.17) is 0 Å². The minimum Gasteiger partial charge on any atom is -0.324 e. The molecule has 2 aromatic carbocycles. The monoisotopic (exact) mass is 361 g/mol. The van der Waals surface area contributed by atoms with E-state index in [1.807, 2.05) is 42.5 Å². The van der Waals surface area contributed by atoms with Gasteiger partial charge in [-0.25, -0.2) is 9.36 Å². The van der Waals surface area contributed by atoms with Crippen LogP contribution < -0.4 is 5.32 Å². The molecule has 0 saturated carbocycles. The minimum absolute atomic E-state index is 0.222. The van der Waals surface area contributed by atoms with Gasteiger partial charge < -0.3 is 5.32 Å². The predicted molar refractivity (Wildman–Crippen MR) is 94.8 cm³/mol. The van der Waals surface area contributed by atoms with Crippen molar-refractivity contribution in [3.8, 4) is 5.69 Å². The van der Waals surface area contributed by atoms with E-state index in [0.717, 1.165) is 11.3 Å². The van der Waals surface area contributed by atoms with Gasteiger partial charge in [-0.15, -0.1) is 10.2 Å². The average Bonchev–Trinajstić information content (AvgIpc) is 3.41. The van der Waals surface area contributed by atoms with Gasteiger partial charge in [0.2, 0.25) is 5.91 Å². The van der Waals surface area contributed by atoms with Crippen molar-refractivity contribution in [3.05, 3.63) is 72.8 Å². The minimum atomic E-state index is -0.584. The molecule has 0 aliphatic carbocycles. The number of amides is 1. The Bertz CT molecular complexity index is 1000. The van der Waals surface area contributed by atoms with Gasteiger partial charge in [0.25, 0.3) is 0 Å². The molecular formula is C17H15N9O. The number of nitrogens with zero attached hydrogens (tertiary/aromatic N) is 8. The molecule has 0 radical (unpaired) electrons. The lowest BCUT2D eigenvalue weighted by atomic mass is 10.1. The lowest BCUT2D eigenvalue weighted by Crippen LogP contribution is -2.28. The summed E-state index contributed by atoms with van der Waals surface area (Å²) in [4.78, 5) is 12.9. The lowest BCUT2D eigenvalue weighted by molar-refractivity contribution is -0.119. The van der Waals surface area contributed by atoms with Gasteiger partial charge in [0, 0.05) is 12.1 Å². The van der Waals surface area contributed by atoms with Crippen LogP contribution in [-0.4, -0.2) is 46.3 Å². The number of carbonyl (C=O) groups excluding carboxylic acids is 1. The van der Waals surface area contributed by atoms with Crippen LogP contribution in [0.1, 0.15) is 11.6 Å². The molecule has 0 spiro atoms. The molecule has 0 bridgehead atoms. The second kappa shape index (κ2) is 7.52. The Balaban J connectivity index is 1.56. The van der Waals surface area contributed by atoms with Crippen molar-refractivity contribution in [2.45, 2.75) is 12.5 Å². The van der Waals surface area contributed by atoms with Crippen molar-refractivity contribution >= 4 is 11.6 Å². The fraction of sp³-hybridized carbons (Fsp3) is 0.118. The summed E-state index contributed by atoms with van der Waals surface area (Å²) in [6, 6.07) is 16.4. The van der Waals surface area contributed by atoms with E-state index >= 15 is 0 Å². The third-order valence-electron chi connectivity index (χ3n) is 3.99. The molecule has 0 aliphatic heterocycles. The first-order valence-corrected chi connectivity index (χ1v) is 8.20. The zero-order valence-corrected chi connectivity index (χ0v) is 14.1. The van der Waals surface area contributed by atoms with Gasteiger partial charge in [-0.3, -0.25) is 4.79 Å². The largest absolute Gasteiger partial charge is 0.324 e. The SMILES string of the molecule is O=C(Nc1cccc(-n2cnnn2)c1)C(Cc1ccccc1)n1cnnn1. The third-order valence-corrected chi connectivity index (χ3v) is 3.99. The summed E-state index contributed by atoms with van der Waals surface area (Å²) in [5.41, 5.74) is 2.37. The summed E-state index contributed by atoms with van der Waals surface area (Å²) >= 11 is 0. The van der Waals surface area contributed by atoms with Crippen LogP contribution in [-0.2, 0) is 11.2 Å². The fourth-order valence-electron chi connectivity index (χ4n) is 2.69. The Labute approximate surface area is 153 Å². The molecule has 27 heavy (non-hydrogen) atoms. The number of anilines is 1. The van der Waals surface area contributed by atoms with Crippen LogP contribution in [0.15, 0.2) is 67.3 Å². The lowest BCUT2D eigenvalue weighted by Gasteiger charge is -2.16. The Kier molecular flexibility index (Phi) is 4.60. The number of hydrogen-bond acceptors (Lipinski definition) is 7. The van der Waals surface area contributed by atoms with Crippen LogP contribution >= 0.6 is 0 Å². The van der Waals surface area contributed by atoms with Crippen molar-refractivity contribution in [2.24, 2.45) is 0 Å². The van der Waals surface area contributed by atoms with Gasteiger partial charge in [0.05, 0.1) is 5.69 Å². The molecule has 1 amide bonds. The van der Waals surface area contributed by atoms with Crippen LogP contribution in [0.4, 0.5) is 5.69 Å². The van der Waals surface area contributed by atoms with Crippen LogP contribution in [0, 0.1) is 0 Å². The summed E-state index contributed by atoms with van der Waals surface area (Å²) in [5.74, 6) is -0.222. The van der Waals surface area contributed by atoms with Crippen molar-refractivity contribution in [1.29, 1.82) is 0 Å². The molecule has 134 valence electrons. The van der Waals surface area contributed by atoms with Crippen LogP contribution in [0.5, 0.6) is 0 Å². The molecule has 0 saturated heterocycles. The second-order valence-corrected chi connectivity index (χ2v) is 5.79. The second-order valence-electron chi connectivity index (χ2n) is 5.79. The molecule has 2 heterocycles. The smallest absolute Gasteiger partial charge is 0.249 e. The number of aromatic nitrogens is 8. The van der Waals surface area contributed by atoms with Crippen LogP contribution in [0.2, 0.25) is 0 Å². The highest BCUT2D eigenvalue weighted by atomic mass is 16.2. The number of hydrogen-bond donors (Lipinski definition) is 1. The Morgan fingerprint density at radius 3 is 2.52 bits per heavy atom. The standard InChI is InChI=1S/C17H15N9O/c27-17(20-14-7-4-8-15(10-14)25-11-18-21-23-25)16(26-12-19-22-24-26)9-13-5-2-1-3-6-13/h1-8,10-12,16H,9H2,(H,20,27). The van der Waals surface area contributed by atoms with E-state index in [2.05, 4.69) is 36.4 Å². The Morgan fingerprint density at radius 2 is 1.78 bits per heavy atom. The van der Waals surface area contributed by atoms with E-state index in [-0.39, 0.29) is 5.91 Å². The number of carbonyl (C=O) groups is 1. The van der Waals surface area contributed by atoms with Crippen molar-refractivity contribution in [2.75, 3.05) is 5.32 Å². The van der Waals surface area contributed by atoms with Crippen LogP contribution in [0.3, 0.4) is 0 Å². The van der Waals surface area contributed by atoms with Gasteiger partial charge >= 0.3 is 0 Å². The third kappa shape index (κ3) is 3.84. The zero-order chi connectivity index (χ0) is 18.5. The highest BCUT2D eigenvalue weighted by molar-refractivity contribution is 5.94. The molecule has 1 N–H and O–H groups in total. The van der Waals surface area contributed by atoms with E-state index in [0.29, 0.717) is 12.1 Å². The number of rotatable bonds is 6. The molecule has 0 fully saturated rings. The molecule has 0 aliphatic rings. The van der Waals surface area contributed by atoms with E-state index in [1.54, 1.807) is 12.1 Å². The van der Waals surface area contributed by atoms with Crippen LogP contribution in [0.25, 0.3) is 5.69 Å². The van der Waals surface area contributed by atoms with Gasteiger partial charge in [0.1, 0.15) is 18.7 Å². The molecular weight excluding hydrogens is 346 g/mol. The highest BCUT2D eigenvalue weighted by Crippen LogP contribution is 2.18. The first kappa shape index (κ1) is 16.5. The molecule has 2 aromatic heterocycles. The van der Waals surface area contributed by atoms with Crippen molar-refractivity contribution in [3.63, 3.8) is 0 Å². The number of tetrazole rings is 2. The summed E-state index contributed by atoms with van der Waals surface area (Å²) in [7, 11) is 0. The van der Waals surface area contributed by atoms with E-state index in [1.165, 1.54) is 22.0 Å². The number of nitrogens with one attached hydrogen (secondary N) is 1. The van der Waals surface area contributed by atoms with Gasteiger partial charge in [0.15, 0.2) is 0 Å². The maximum atomic E-state index is 12.9. The summed E-state index contributed by atoms with van der Waals surface area (Å²) in [6.45, 7) is 0.